The highest BCUT2D eigenvalue weighted by atomic mass is 19.1. The number of rotatable bonds is 7. The standard InChI is InChI=1S/C18H18FNO4/c1-23-15-7-4-6-14(11-15)18(22)24-12-17(21)20-10-9-13-5-2-3-8-16(13)19/h2-8,11H,9-10,12H2,1H3,(H,20,21). The van der Waals surface area contributed by atoms with Gasteiger partial charge in [0.15, 0.2) is 6.61 Å². The number of amides is 1. The number of esters is 1. The van der Waals surface area contributed by atoms with Gasteiger partial charge in [-0.15, -0.1) is 0 Å². The van der Waals surface area contributed by atoms with Crippen LogP contribution in [-0.4, -0.2) is 32.1 Å². The highest BCUT2D eigenvalue weighted by Gasteiger charge is 2.11. The molecule has 0 saturated heterocycles. The van der Waals surface area contributed by atoms with Crippen molar-refractivity contribution in [1.82, 2.24) is 5.32 Å². The van der Waals surface area contributed by atoms with Crippen molar-refractivity contribution in [3.8, 4) is 5.75 Å². The van der Waals surface area contributed by atoms with Crippen molar-refractivity contribution in [3.05, 3.63) is 65.5 Å². The number of carbonyl (C=O) groups excluding carboxylic acids is 2. The minimum Gasteiger partial charge on any atom is -0.497 e. The summed E-state index contributed by atoms with van der Waals surface area (Å²) in [5.74, 6) is -0.837. The number of hydrogen-bond acceptors (Lipinski definition) is 4. The molecule has 126 valence electrons. The van der Waals surface area contributed by atoms with Crippen LogP contribution in [0.25, 0.3) is 0 Å². The Morgan fingerprint density at radius 1 is 1.12 bits per heavy atom. The van der Waals surface area contributed by atoms with E-state index in [2.05, 4.69) is 5.32 Å². The van der Waals surface area contributed by atoms with E-state index in [9.17, 15) is 14.0 Å². The molecule has 0 bridgehead atoms. The molecule has 5 nitrogen and oxygen atoms in total. The van der Waals surface area contributed by atoms with Gasteiger partial charge in [-0.2, -0.15) is 0 Å². The topological polar surface area (TPSA) is 64.6 Å². The summed E-state index contributed by atoms with van der Waals surface area (Å²) >= 11 is 0. The zero-order valence-corrected chi connectivity index (χ0v) is 13.3. The van der Waals surface area contributed by atoms with Crippen LogP contribution in [0.4, 0.5) is 4.39 Å². The van der Waals surface area contributed by atoms with Crippen molar-refractivity contribution in [2.45, 2.75) is 6.42 Å². The highest BCUT2D eigenvalue weighted by molar-refractivity contribution is 5.91. The number of methoxy groups -OCH3 is 1. The Morgan fingerprint density at radius 2 is 1.92 bits per heavy atom. The van der Waals surface area contributed by atoms with Crippen molar-refractivity contribution < 1.29 is 23.5 Å². The quantitative estimate of drug-likeness (QED) is 0.791. The molecule has 2 rings (SSSR count). The van der Waals surface area contributed by atoms with Gasteiger partial charge in [-0.1, -0.05) is 24.3 Å². The van der Waals surface area contributed by atoms with E-state index in [1.165, 1.54) is 19.2 Å². The van der Waals surface area contributed by atoms with E-state index in [1.807, 2.05) is 0 Å². The van der Waals surface area contributed by atoms with Crippen molar-refractivity contribution in [3.63, 3.8) is 0 Å². The second kappa shape index (κ2) is 8.67. The van der Waals surface area contributed by atoms with Crippen LogP contribution in [0.5, 0.6) is 5.75 Å². The fourth-order valence-electron chi connectivity index (χ4n) is 2.05. The average Bonchev–Trinajstić information content (AvgIpc) is 2.61. The Hall–Kier alpha value is -2.89. The Morgan fingerprint density at radius 3 is 2.67 bits per heavy atom. The molecule has 0 aromatic heterocycles. The van der Waals surface area contributed by atoms with Gasteiger partial charge in [0.1, 0.15) is 11.6 Å². The molecule has 2 aromatic carbocycles. The number of nitrogens with one attached hydrogen (secondary N) is 1. The first-order valence-electron chi connectivity index (χ1n) is 7.41. The molecule has 0 aliphatic carbocycles. The molecule has 0 saturated carbocycles. The van der Waals surface area contributed by atoms with Crippen molar-refractivity contribution in [2.75, 3.05) is 20.3 Å². The molecule has 0 atom stereocenters. The van der Waals surface area contributed by atoms with Gasteiger partial charge in [0.25, 0.3) is 5.91 Å². The molecule has 0 unspecified atom stereocenters. The summed E-state index contributed by atoms with van der Waals surface area (Å²) in [6, 6.07) is 12.8. The Kier molecular flexibility index (Phi) is 6.31. The third-order valence-corrected chi connectivity index (χ3v) is 3.31. The molecule has 1 N–H and O–H groups in total. The van der Waals surface area contributed by atoms with E-state index in [-0.39, 0.29) is 12.4 Å². The third-order valence-electron chi connectivity index (χ3n) is 3.31. The van der Waals surface area contributed by atoms with Gasteiger partial charge >= 0.3 is 5.97 Å². The van der Waals surface area contributed by atoms with Gasteiger partial charge < -0.3 is 14.8 Å². The molecule has 0 aliphatic heterocycles. The van der Waals surface area contributed by atoms with Crippen LogP contribution in [-0.2, 0) is 16.0 Å². The molecule has 1 amide bonds. The molecule has 2 aromatic rings. The molecular formula is C18H18FNO4. The van der Waals surface area contributed by atoms with E-state index in [4.69, 9.17) is 9.47 Å². The van der Waals surface area contributed by atoms with Crippen molar-refractivity contribution in [2.24, 2.45) is 0 Å². The lowest BCUT2D eigenvalue weighted by Gasteiger charge is -2.08. The zero-order valence-electron chi connectivity index (χ0n) is 13.3. The molecule has 0 fully saturated rings. The number of carbonyl (C=O) groups is 2. The summed E-state index contributed by atoms with van der Waals surface area (Å²) in [5, 5.41) is 2.58. The van der Waals surface area contributed by atoms with Gasteiger partial charge in [0, 0.05) is 6.54 Å². The maximum atomic E-state index is 13.4. The number of halogens is 1. The van der Waals surface area contributed by atoms with Crippen LogP contribution in [0, 0.1) is 5.82 Å². The maximum absolute atomic E-state index is 13.4. The van der Waals surface area contributed by atoms with Crippen LogP contribution < -0.4 is 10.1 Å². The van der Waals surface area contributed by atoms with Crippen LogP contribution in [0.3, 0.4) is 0 Å². The minimum absolute atomic E-state index is 0.260. The molecular weight excluding hydrogens is 313 g/mol. The van der Waals surface area contributed by atoms with Gasteiger partial charge in [-0.05, 0) is 36.2 Å². The van der Waals surface area contributed by atoms with Crippen LogP contribution in [0.1, 0.15) is 15.9 Å². The maximum Gasteiger partial charge on any atom is 0.338 e. The van der Waals surface area contributed by atoms with E-state index in [0.29, 0.717) is 23.3 Å². The van der Waals surface area contributed by atoms with E-state index in [1.54, 1.807) is 36.4 Å². The Balaban J connectivity index is 1.74. The van der Waals surface area contributed by atoms with Crippen molar-refractivity contribution in [1.29, 1.82) is 0 Å². The van der Waals surface area contributed by atoms with Gasteiger partial charge in [-0.3, -0.25) is 4.79 Å². The van der Waals surface area contributed by atoms with Gasteiger partial charge in [-0.25, -0.2) is 9.18 Å². The fraction of sp³-hybridized carbons (Fsp3) is 0.222. The smallest absolute Gasteiger partial charge is 0.338 e. The third kappa shape index (κ3) is 5.08. The second-order valence-electron chi connectivity index (χ2n) is 5.00. The molecule has 0 radical (unpaired) electrons. The SMILES string of the molecule is COc1cccc(C(=O)OCC(=O)NCCc2ccccc2F)c1. The van der Waals surface area contributed by atoms with E-state index < -0.39 is 18.5 Å². The molecule has 6 heteroatoms. The molecule has 0 aliphatic rings. The monoisotopic (exact) mass is 331 g/mol. The van der Waals surface area contributed by atoms with Crippen molar-refractivity contribution >= 4 is 11.9 Å². The van der Waals surface area contributed by atoms with Gasteiger partial charge in [0.05, 0.1) is 12.7 Å². The lowest BCUT2D eigenvalue weighted by atomic mass is 10.1. The zero-order chi connectivity index (χ0) is 17.4. The molecule has 0 spiro atoms. The summed E-state index contributed by atoms with van der Waals surface area (Å²) in [5.41, 5.74) is 0.819. The molecule has 0 heterocycles. The van der Waals surface area contributed by atoms with Crippen LogP contribution in [0.2, 0.25) is 0 Å². The Bertz CT molecular complexity index is 718. The Labute approximate surface area is 139 Å². The fourth-order valence-corrected chi connectivity index (χ4v) is 2.05. The lowest BCUT2D eigenvalue weighted by molar-refractivity contribution is -0.124. The highest BCUT2D eigenvalue weighted by Crippen LogP contribution is 2.13. The summed E-state index contributed by atoms with van der Waals surface area (Å²) in [6.07, 6.45) is 0.363. The predicted octanol–water partition coefficient (Wildman–Crippen LogP) is 2.35. The van der Waals surface area contributed by atoms with Crippen LogP contribution in [0.15, 0.2) is 48.5 Å². The first-order chi connectivity index (χ1) is 11.6. The predicted molar refractivity (Wildman–Crippen MR) is 86.4 cm³/mol. The van der Waals surface area contributed by atoms with Crippen LogP contribution >= 0.6 is 0 Å². The first-order valence-corrected chi connectivity index (χ1v) is 7.41. The lowest BCUT2D eigenvalue weighted by Crippen LogP contribution is -2.30. The summed E-state index contributed by atoms with van der Waals surface area (Å²) in [4.78, 5) is 23.5. The minimum atomic E-state index is -0.613. The normalized spacial score (nSPS) is 10.1. The number of hydrogen-bond donors (Lipinski definition) is 1. The first kappa shape index (κ1) is 17.5. The summed E-state index contributed by atoms with van der Waals surface area (Å²) in [6.45, 7) is -0.135. The van der Waals surface area contributed by atoms with E-state index in [0.717, 1.165) is 0 Å². The second-order valence-corrected chi connectivity index (χ2v) is 5.00. The van der Waals surface area contributed by atoms with Gasteiger partial charge in [0.2, 0.25) is 0 Å². The number of ether oxygens (including phenoxy) is 2. The summed E-state index contributed by atoms with van der Waals surface area (Å²) in [7, 11) is 1.49. The average molecular weight is 331 g/mol. The molecule has 24 heavy (non-hydrogen) atoms. The number of benzene rings is 2. The van der Waals surface area contributed by atoms with E-state index >= 15 is 0 Å². The largest absolute Gasteiger partial charge is 0.497 e. The summed E-state index contributed by atoms with van der Waals surface area (Å²) < 4.78 is 23.4.